The van der Waals surface area contributed by atoms with Gasteiger partial charge in [-0.15, -0.1) is 10.2 Å². The minimum absolute atomic E-state index is 0.546. The lowest BCUT2D eigenvalue weighted by Crippen LogP contribution is -2.01. The lowest BCUT2D eigenvalue weighted by atomic mass is 10.2. The van der Waals surface area contributed by atoms with Gasteiger partial charge in [0.1, 0.15) is 0 Å². The first-order valence-electron chi connectivity index (χ1n) is 7.78. The second kappa shape index (κ2) is 7.31. The number of rotatable bonds is 6. The van der Waals surface area contributed by atoms with E-state index in [9.17, 15) is 0 Å². The number of fused-ring (bicyclic) bond motifs is 1. The normalized spacial score (nSPS) is 11.5. The first kappa shape index (κ1) is 15.6. The fourth-order valence-corrected chi connectivity index (χ4v) is 2.30. The summed E-state index contributed by atoms with van der Waals surface area (Å²) in [5.74, 6) is 1.09. The third-order valence-corrected chi connectivity index (χ3v) is 3.54. The largest absolute Gasteiger partial charge is 0.472 e. The molecule has 3 aromatic heterocycles. The van der Waals surface area contributed by atoms with Crippen molar-refractivity contribution in [3.05, 3.63) is 72.6 Å². The summed E-state index contributed by atoms with van der Waals surface area (Å²) in [6.07, 6.45) is 9.64. The summed E-state index contributed by atoms with van der Waals surface area (Å²) in [6, 6.07) is 11.3. The van der Waals surface area contributed by atoms with Crippen molar-refractivity contribution in [2.24, 2.45) is 10.2 Å². The number of benzene rings is 1. The molecule has 26 heavy (non-hydrogen) atoms. The summed E-state index contributed by atoms with van der Waals surface area (Å²) in [5.41, 5.74) is 7.51. The van der Waals surface area contributed by atoms with E-state index in [2.05, 4.69) is 31.3 Å². The molecule has 0 fully saturated rings. The van der Waals surface area contributed by atoms with Crippen molar-refractivity contribution < 1.29 is 8.83 Å². The maximum absolute atomic E-state index is 4.99. The second-order valence-corrected chi connectivity index (χ2v) is 5.30. The van der Waals surface area contributed by atoms with Gasteiger partial charge in [0.25, 0.3) is 0 Å². The Labute approximate surface area is 148 Å². The monoisotopic (exact) mass is 346 g/mol. The number of nitrogens with zero attached hydrogens (tertiary/aromatic N) is 4. The third-order valence-electron chi connectivity index (χ3n) is 3.54. The van der Waals surface area contributed by atoms with Crippen LogP contribution in [0.3, 0.4) is 0 Å². The molecule has 0 bridgehead atoms. The topological polar surface area (TPSA) is 101 Å². The van der Waals surface area contributed by atoms with Gasteiger partial charge in [0.15, 0.2) is 11.6 Å². The summed E-state index contributed by atoms with van der Waals surface area (Å²) >= 11 is 0. The van der Waals surface area contributed by atoms with E-state index in [1.165, 1.54) is 0 Å². The Morgan fingerprint density at radius 3 is 1.65 bits per heavy atom. The van der Waals surface area contributed by atoms with Gasteiger partial charge in [0.2, 0.25) is 0 Å². The van der Waals surface area contributed by atoms with Gasteiger partial charge in [-0.05, 0) is 12.1 Å². The predicted molar refractivity (Wildman–Crippen MR) is 99.4 cm³/mol. The molecule has 128 valence electrons. The van der Waals surface area contributed by atoms with Gasteiger partial charge in [-0.25, -0.2) is 0 Å². The quantitative estimate of drug-likeness (QED) is 0.408. The molecule has 0 atom stereocenters. The summed E-state index contributed by atoms with van der Waals surface area (Å²) in [5, 5.41) is 18.4. The summed E-state index contributed by atoms with van der Waals surface area (Å²) in [6.45, 7) is 0. The Hall–Kier alpha value is -3.94. The van der Waals surface area contributed by atoms with Crippen molar-refractivity contribution in [3.8, 4) is 0 Å². The van der Waals surface area contributed by atoms with E-state index in [0.717, 1.165) is 21.9 Å². The molecule has 0 aliphatic heterocycles. The second-order valence-electron chi connectivity index (χ2n) is 5.30. The summed E-state index contributed by atoms with van der Waals surface area (Å²) in [7, 11) is 0. The minimum atomic E-state index is 0.546. The van der Waals surface area contributed by atoms with E-state index in [0.29, 0.717) is 11.6 Å². The number of hydrazone groups is 2. The van der Waals surface area contributed by atoms with Gasteiger partial charge < -0.3 is 8.83 Å². The van der Waals surface area contributed by atoms with Gasteiger partial charge in [-0.3, -0.25) is 10.9 Å². The van der Waals surface area contributed by atoms with Crippen molar-refractivity contribution in [3.63, 3.8) is 0 Å². The Balaban J connectivity index is 1.56. The fourth-order valence-electron chi connectivity index (χ4n) is 2.30. The molecule has 0 unspecified atom stereocenters. The lowest BCUT2D eigenvalue weighted by molar-refractivity contribution is 0.567. The van der Waals surface area contributed by atoms with Gasteiger partial charge >= 0.3 is 0 Å². The zero-order valence-corrected chi connectivity index (χ0v) is 13.5. The Morgan fingerprint density at radius 1 is 0.731 bits per heavy atom. The van der Waals surface area contributed by atoms with Crippen molar-refractivity contribution in [1.29, 1.82) is 0 Å². The van der Waals surface area contributed by atoms with Crippen LogP contribution >= 0.6 is 0 Å². The van der Waals surface area contributed by atoms with Gasteiger partial charge in [-0.2, -0.15) is 10.2 Å². The highest BCUT2D eigenvalue weighted by Gasteiger charge is 2.07. The van der Waals surface area contributed by atoms with E-state index in [1.54, 1.807) is 49.6 Å². The Bertz CT molecular complexity index is 954. The van der Waals surface area contributed by atoms with Gasteiger partial charge in [0.05, 0.1) is 37.5 Å². The molecule has 0 amide bonds. The van der Waals surface area contributed by atoms with Gasteiger partial charge in [0, 0.05) is 21.9 Å². The van der Waals surface area contributed by atoms with Crippen LogP contribution in [0.4, 0.5) is 11.6 Å². The van der Waals surface area contributed by atoms with Crippen LogP contribution in [0, 0.1) is 0 Å². The maximum Gasteiger partial charge on any atom is 0.176 e. The lowest BCUT2D eigenvalue weighted by Gasteiger charge is -2.07. The van der Waals surface area contributed by atoms with E-state index in [-0.39, 0.29) is 0 Å². The number of hydrogen-bond acceptors (Lipinski definition) is 8. The molecule has 3 heterocycles. The summed E-state index contributed by atoms with van der Waals surface area (Å²) in [4.78, 5) is 0. The Kier molecular flexibility index (Phi) is 4.38. The van der Waals surface area contributed by atoms with Crippen LogP contribution in [-0.4, -0.2) is 22.6 Å². The van der Waals surface area contributed by atoms with Crippen molar-refractivity contribution in [2.45, 2.75) is 0 Å². The standard InChI is InChI=1S/C18H14N6O2/c1-2-4-16-15(3-1)17(21-19-9-13-5-7-25-11-13)23-24-18(16)22-20-10-14-6-8-26-12-14/h1-12H,(H,21,23)(H,22,24). The average Bonchev–Trinajstić information content (AvgIpc) is 3.37. The average molecular weight is 346 g/mol. The molecule has 4 rings (SSSR count). The number of furan rings is 2. The van der Waals surface area contributed by atoms with Crippen LogP contribution in [0.2, 0.25) is 0 Å². The molecule has 8 nitrogen and oxygen atoms in total. The molecule has 0 aliphatic rings. The van der Waals surface area contributed by atoms with Crippen LogP contribution in [0.25, 0.3) is 10.8 Å². The number of aromatic nitrogens is 2. The van der Waals surface area contributed by atoms with Crippen molar-refractivity contribution in [2.75, 3.05) is 10.9 Å². The fraction of sp³-hybridized carbons (Fsp3) is 0. The molecule has 0 radical (unpaired) electrons. The van der Waals surface area contributed by atoms with E-state index in [4.69, 9.17) is 8.83 Å². The van der Waals surface area contributed by atoms with Crippen LogP contribution in [0.5, 0.6) is 0 Å². The van der Waals surface area contributed by atoms with Crippen molar-refractivity contribution in [1.82, 2.24) is 10.2 Å². The van der Waals surface area contributed by atoms with E-state index in [1.807, 2.05) is 24.3 Å². The molecule has 4 aromatic rings. The summed E-state index contributed by atoms with van der Waals surface area (Å²) < 4.78 is 9.99. The number of hydrogen-bond donors (Lipinski definition) is 2. The molecule has 0 spiro atoms. The van der Waals surface area contributed by atoms with Crippen molar-refractivity contribution >= 4 is 34.8 Å². The molecule has 8 heteroatoms. The third kappa shape index (κ3) is 3.44. The molecular weight excluding hydrogens is 332 g/mol. The highest BCUT2D eigenvalue weighted by Crippen LogP contribution is 2.25. The first-order valence-corrected chi connectivity index (χ1v) is 7.78. The number of nitrogens with one attached hydrogen (secondary N) is 2. The molecule has 0 saturated carbocycles. The zero-order chi connectivity index (χ0) is 17.6. The zero-order valence-electron chi connectivity index (χ0n) is 13.5. The van der Waals surface area contributed by atoms with Crippen LogP contribution < -0.4 is 10.9 Å². The smallest absolute Gasteiger partial charge is 0.176 e. The van der Waals surface area contributed by atoms with E-state index >= 15 is 0 Å². The predicted octanol–water partition coefficient (Wildman–Crippen LogP) is 3.71. The molecule has 1 aromatic carbocycles. The number of anilines is 2. The van der Waals surface area contributed by atoms with Crippen LogP contribution in [0.1, 0.15) is 11.1 Å². The molecule has 0 aliphatic carbocycles. The minimum Gasteiger partial charge on any atom is -0.472 e. The molecule has 0 saturated heterocycles. The highest BCUT2D eigenvalue weighted by molar-refractivity contribution is 5.98. The Morgan fingerprint density at radius 2 is 1.23 bits per heavy atom. The first-order chi connectivity index (χ1) is 12.9. The highest BCUT2D eigenvalue weighted by atomic mass is 16.3. The molecule has 2 N–H and O–H groups in total. The van der Waals surface area contributed by atoms with Crippen LogP contribution in [-0.2, 0) is 0 Å². The molecular formula is C18H14N6O2. The van der Waals surface area contributed by atoms with E-state index < -0.39 is 0 Å². The maximum atomic E-state index is 4.99. The van der Waals surface area contributed by atoms with Gasteiger partial charge in [-0.1, -0.05) is 24.3 Å². The van der Waals surface area contributed by atoms with Crippen LogP contribution in [0.15, 0.2) is 80.5 Å². The SMILES string of the molecule is C(=NNc1nnc(NN=Cc2ccoc2)c2ccccc12)c1ccoc1.